The van der Waals surface area contributed by atoms with Crippen molar-refractivity contribution in [3.05, 3.63) is 22.7 Å². The van der Waals surface area contributed by atoms with Crippen molar-refractivity contribution >= 4 is 29.3 Å². The zero-order chi connectivity index (χ0) is 14.0. The van der Waals surface area contributed by atoms with Crippen LogP contribution in [0.5, 0.6) is 11.5 Å². The van der Waals surface area contributed by atoms with Crippen LogP contribution in [0.1, 0.15) is 19.4 Å². The predicted molar refractivity (Wildman–Crippen MR) is 75.1 cm³/mol. The molecule has 1 aromatic rings. The number of carbonyl (C=O) groups is 1. The molecule has 2 rings (SSSR count). The highest BCUT2D eigenvalue weighted by Gasteiger charge is 2.23. The topological polar surface area (TPSA) is 55.8 Å². The molecule has 1 heterocycles. The van der Waals surface area contributed by atoms with Crippen molar-refractivity contribution in [1.82, 2.24) is 0 Å². The minimum Gasteiger partial charge on any atom is -0.480 e. The molecule has 104 valence electrons. The molecule has 1 aliphatic rings. The van der Waals surface area contributed by atoms with Crippen molar-refractivity contribution in [3.63, 3.8) is 0 Å². The van der Waals surface area contributed by atoms with Crippen LogP contribution >= 0.6 is 23.4 Å². The number of hydrogen-bond acceptors (Lipinski definition) is 4. The number of ether oxygens (including phenoxy) is 2. The third-order valence-electron chi connectivity index (χ3n) is 2.77. The van der Waals surface area contributed by atoms with E-state index < -0.39 is 11.2 Å². The molecule has 1 atom stereocenters. The van der Waals surface area contributed by atoms with Crippen LogP contribution in [-0.4, -0.2) is 23.1 Å². The summed E-state index contributed by atoms with van der Waals surface area (Å²) in [6, 6.07) is 3.64. The van der Waals surface area contributed by atoms with E-state index in [1.165, 1.54) is 11.8 Å². The van der Waals surface area contributed by atoms with Crippen LogP contribution in [0.3, 0.4) is 0 Å². The Morgan fingerprint density at radius 1 is 1.47 bits per heavy atom. The standard InChI is InChI=1S/C13H15ClO4S/c1-7(2)12(13(15)16)19-5-8-3-9(14)11-10(4-8)17-6-18-11/h3-4,7,12H,5-6H2,1-2H3,(H,15,16). The molecule has 1 N–H and O–H groups in total. The molecule has 0 saturated carbocycles. The Morgan fingerprint density at radius 3 is 2.84 bits per heavy atom. The Bertz CT molecular complexity index is 490. The molecular formula is C13H15ClO4S. The van der Waals surface area contributed by atoms with Gasteiger partial charge in [-0.2, -0.15) is 0 Å². The Balaban J connectivity index is 2.08. The van der Waals surface area contributed by atoms with Gasteiger partial charge in [0.1, 0.15) is 5.25 Å². The van der Waals surface area contributed by atoms with Crippen LogP contribution in [0.2, 0.25) is 5.02 Å². The van der Waals surface area contributed by atoms with Gasteiger partial charge >= 0.3 is 5.97 Å². The van der Waals surface area contributed by atoms with Gasteiger partial charge in [0, 0.05) is 5.75 Å². The Labute approximate surface area is 121 Å². The van der Waals surface area contributed by atoms with Gasteiger partial charge in [0.2, 0.25) is 6.79 Å². The Hall–Kier alpha value is -1.07. The molecule has 0 bridgehead atoms. The number of thioether (sulfide) groups is 1. The summed E-state index contributed by atoms with van der Waals surface area (Å²) < 4.78 is 10.5. The molecule has 0 spiro atoms. The maximum absolute atomic E-state index is 11.1. The van der Waals surface area contributed by atoms with Gasteiger partial charge in [-0.05, 0) is 23.6 Å². The summed E-state index contributed by atoms with van der Waals surface area (Å²) in [5, 5.41) is 9.21. The summed E-state index contributed by atoms with van der Waals surface area (Å²) in [6.45, 7) is 3.98. The fraction of sp³-hybridized carbons (Fsp3) is 0.462. The summed E-state index contributed by atoms with van der Waals surface area (Å²) in [5.74, 6) is 1.05. The van der Waals surface area contributed by atoms with Crippen molar-refractivity contribution in [2.24, 2.45) is 5.92 Å². The van der Waals surface area contributed by atoms with E-state index >= 15 is 0 Å². The summed E-state index contributed by atoms with van der Waals surface area (Å²) >= 11 is 7.48. The molecule has 19 heavy (non-hydrogen) atoms. The number of benzene rings is 1. The van der Waals surface area contributed by atoms with Crippen LogP contribution in [-0.2, 0) is 10.5 Å². The normalized spacial score (nSPS) is 14.7. The maximum atomic E-state index is 11.1. The average molecular weight is 303 g/mol. The first kappa shape index (κ1) is 14.3. The Morgan fingerprint density at radius 2 is 2.21 bits per heavy atom. The molecule has 0 saturated heterocycles. The van der Waals surface area contributed by atoms with E-state index in [-0.39, 0.29) is 12.7 Å². The van der Waals surface area contributed by atoms with Gasteiger partial charge in [-0.1, -0.05) is 25.4 Å². The first-order valence-electron chi connectivity index (χ1n) is 5.91. The second kappa shape index (κ2) is 5.92. The first-order valence-corrected chi connectivity index (χ1v) is 7.34. The zero-order valence-electron chi connectivity index (χ0n) is 10.7. The fourth-order valence-electron chi connectivity index (χ4n) is 1.84. The zero-order valence-corrected chi connectivity index (χ0v) is 12.3. The summed E-state index contributed by atoms with van der Waals surface area (Å²) in [4.78, 5) is 11.1. The molecule has 0 fully saturated rings. The SMILES string of the molecule is CC(C)C(SCc1cc(Cl)c2c(c1)OCO2)C(=O)O. The number of fused-ring (bicyclic) bond motifs is 1. The average Bonchev–Trinajstić information content (AvgIpc) is 2.76. The van der Waals surface area contributed by atoms with Gasteiger partial charge in [0.15, 0.2) is 11.5 Å². The lowest BCUT2D eigenvalue weighted by Gasteiger charge is -2.15. The van der Waals surface area contributed by atoms with Crippen molar-refractivity contribution in [1.29, 1.82) is 0 Å². The largest absolute Gasteiger partial charge is 0.480 e. The van der Waals surface area contributed by atoms with E-state index in [0.29, 0.717) is 22.3 Å². The molecule has 1 aromatic carbocycles. The van der Waals surface area contributed by atoms with Crippen molar-refractivity contribution in [2.75, 3.05) is 6.79 Å². The van der Waals surface area contributed by atoms with Crippen LogP contribution in [0.4, 0.5) is 0 Å². The van der Waals surface area contributed by atoms with Gasteiger partial charge < -0.3 is 14.6 Å². The van der Waals surface area contributed by atoms with Crippen LogP contribution in [0.25, 0.3) is 0 Å². The second-order valence-corrected chi connectivity index (χ2v) is 6.16. The van der Waals surface area contributed by atoms with E-state index in [1.807, 2.05) is 19.9 Å². The second-order valence-electron chi connectivity index (χ2n) is 4.63. The monoisotopic (exact) mass is 302 g/mol. The fourth-order valence-corrected chi connectivity index (χ4v) is 3.19. The van der Waals surface area contributed by atoms with Gasteiger partial charge in [-0.25, -0.2) is 0 Å². The smallest absolute Gasteiger partial charge is 0.316 e. The predicted octanol–water partition coefficient (Wildman–Crippen LogP) is 3.41. The highest BCUT2D eigenvalue weighted by molar-refractivity contribution is 7.99. The molecule has 6 heteroatoms. The maximum Gasteiger partial charge on any atom is 0.316 e. The lowest BCUT2D eigenvalue weighted by molar-refractivity contribution is -0.137. The van der Waals surface area contributed by atoms with Gasteiger partial charge in [0.25, 0.3) is 0 Å². The minimum atomic E-state index is -0.785. The summed E-state index contributed by atoms with van der Waals surface area (Å²) in [6.07, 6.45) is 0. The highest BCUT2D eigenvalue weighted by atomic mass is 35.5. The molecular weight excluding hydrogens is 288 g/mol. The highest BCUT2D eigenvalue weighted by Crippen LogP contribution is 2.40. The van der Waals surface area contributed by atoms with Crippen molar-refractivity contribution in [2.45, 2.75) is 24.9 Å². The number of rotatable bonds is 5. The van der Waals surface area contributed by atoms with E-state index in [0.717, 1.165) is 5.56 Å². The molecule has 0 aromatic heterocycles. The van der Waals surface area contributed by atoms with Gasteiger partial charge in [-0.3, -0.25) is 4.79 Å². The molecule has 0 aliphatic carbocycles. The van der Waals surface area contributed by atoms with E-state index in [9.17, 15) is 4.79 Å². The number of carboxylic acid groups (broad SMARTS) is 1. The molecule has 0 radical (unpaired) electrons. The quantitative estimate of drug-likeness (QED) is 0.903. The lowest BCUT2D eigenvalue weighted by atomic mass is 10.1. The van der Waals surface area contributed by atoms with E-state index in [1.54, 1.807) is 6.07 Å². The van der Waals surface area contributed by atoms with Crippen molar-refractivity contribution < 1.29 is 19.4 Å². The first-order chi connectivity index (χ1) is 8.99. The van der Waals surface area contributed by atoms with Crippen molar-refractivity contribution in [3.8, 4) is 11.5 Å². The third kappa shape index (κ3) is 3.28. The minimum absolute atomic E-state index is 0.0759. The number of carboxylic acids is 1. The molecule has 0 amide bonds. The van der Waals surface area contributed by atoms with Crippen LogP contribution in [0.15, 0.2) is 12.1 Å². The number of hydrogen-bond donors (Lipinski definition) is 1. The van der Waals surface area contributed by atoms with Gasteiger partial charge in [-0.15, -0.1) is 11.8 Å². The van der Waals surface area contributed by atoms with E-state index in [2.05, 4.69) is 0 Å². The number of aliphatic carboxylic acids is 1. The third-order valence-corrected chi connectivity index (χ3v) is 4.65. The van der Waals surface area contributed by atoms with Crippen LogP contribution < -0.4 is 9.47 Å². The Kier molecular flexibility index (Phi) is 4.47. The lowest BCUT2D eigenvalue weighted by Crippen LogP contribution is -2.22. The van der Waals surface area contributed by atoms with Gasteiger partial charge in [0.05, 0.1) is 5.02 Å². The molecule has 1 aliphatic heterocycles. The number of halogens is 1. The molecule has 4 nitrogen and oxygen atoms in total. The molecule has 1 unspecified atom stereocenters. The summed E-state index contributed by atoms with van der Waals surface area (Å²) in [5.41, 5.74) is 0.936. The van der Waals surface area contributed by atoms with E-state index in [4.69, 9.17) is 26.2 Å². The summed E-state index contributed by atoms with van der Waals surface area (Å²) in [7, 11) is 0. The van der Waals surface area contributed by atoms with Crippen LogP contribution in [0, 0.1) is 5.92 Å².